The quantitative estimate of drug-likeness (QED) is 0.597. The van der Waals surface area contributed by atoms with Gasteiger partial charge in [-0.1, -0.05) is 60.7 Å². The molecule has 4 rings (SSSR count). The maximum absolute atomic E-state index is 11.9. The predicted molar refractivity (Wildman–Crippen MR) is 124 cm³/mol. The molecule has 3 unspecified atom stereocenters. The number of rotatable bonds is 8. The van der Waals surface area contributed by atoms with Crippen LogP contribution in [0.2, 0.25) is 0 Å². The largest absolute Gasteiger partial charge is 0.351 e. The molecule has 0 aliphatic carbocycles. The summed E-state index contributed by atoms with van der Waals surface area (Å²) in [6.07, 6.45) is 2.12. The Kier molecular flexibility index (Phi) is 7.68. The fraction of sp³-hybridized carbons (Fsp3) is 0.462. The second-order valence-corrected chi connectivity index (χ2v) is 8.73. The van der Waals surface area contributed by atoms with E-state index in [-0.39, 0.29) is 18.1 Å². The molecule has 0 aromatic heterocycles. The Balaban J connectivity index is 1.44. The minimum Gasteiger partial charge on any atom is -0.351 e. The third kappa shape index (κ3) is 5.63. The van der Waals surface area contributed by atoms with Crippen molar-refractivity contribution in [1.82, 2.24) is 14.7 Å². The molecular formula is C26H33N3O3. The van der Waals surface area contributed by atoms with Crippen LogP contribution < -0.4 is 0 Å². The van der Waals surface area contributed by atoms with E-state index in [0.29, 0.717) is 0 Å². The molecule has 2 aromatic carbocycles. The molecule has 0 N–H and O–H groups in total. The third-order valence-electron chi connectivity index (χ3n) is 6.62. The van der Waals surface area contributed by atoms with E-state index in [9.17, 15) is 9.59 Å². The number of amides is 1. The molecule has 0 spiro atoms. The molecule has 0 bridgehead atoms. The summed E-state index contributed by atoms with van der Waals surface area (Å²) in [5.74, 6) is 0.152. The highest BCUT2D eigenvalue weighted by Crippen LogP contribution is 2.32. The van der Waals surface area contributed by atoms with E-state index in [2.05, 4.69) is 46.2 Å². The van der Waals surface area contributed by atoms with Crippen LogP contribution in [-0.2, 0) is 20.7 Å². The lowest BCUT2D eigenvalue weighted by atomic mass is 10.0. The van der Waals surface area contributed by atoms with Crippen LogP contribution in [0.4, 0.5) is 0 Å². The summed E-state index contributed by atoms with van der Waals surface area (Å²) in [6, 6.07) is 20.8. The summed E-state index contributed by atoms with van der Waals surface area (Å²) in [5.41, 5.74) is 2.44. The van der Waals surface area contributed by atoms with Gasteiger partial charge in [0.15, 0.2) is 12.5 Å². The summed E-state index contributed by atoms with van der Waals surface area (Å²) in [5, 5.41) is 0. The molecule has 2 fully saturated rings. The van der Waals surface area contributed by atoms with Crippen molar-refractivity contribution in [3.63, 3.8) is 0 Å². The van der Waals surface area contributed by atoms with Crippen LogP contribution in [0.1, 0.15) is 30.5 Å². The standard InChI is InChI=1S/C26H33N3O3/c1-21(31)28-16-14-27(15-17-28)13-12-25(23-10-6-3-7-11-23)29-19-24(32-26(29)20-30)18-22-8-4-2-5-9-22/h2-11,20,24-26H,12-19H2,1H3. The number of carbonyl (C=O) groups excluding carboxylic acids is 2. The van der Waals surface area contributed by atoms with Gasteiger partial charge >= 0.3 is 0 Å². The molecule has 0 saturated carbocycles. The van der Waals surface area contributed by atoms with Gasteiger partial charge in [-0.2, -0.15) is 0 Å². The molecule has 2 aliphatic heterocycles. The maximum atomic E-state index is 11.9. The highest BCUT2D eigenvalue weighted by molar-refractivity contribution is 5.73. The van der Waals surface area contributed by atoms with Gasteiger partial charge in [-0.15, -0.1) is 0 Å². The number of nitrogens with zero attached hydrogens (tertiary/aromatic N) is 3. The van der Waals surface area contributed by atoms with Crippen molar-refractivity contribution in [2.24, 2.45) is 0 Å². The lowest BCUT2D eigenvalue weighted by molar-refractivity contribution is -0.130. The SMILES string of the molecule is CC(=O)N1CCN(CCC(c2ccccc2)N2CC(Cc3ccccc3)OC2C=O)CC1. The van der Waals surface area contributed by atoms with Gasteiger partial charge in [-0.25, -0.2) is 0 Å². The van der Waals surface area contributed by atoms with Gasteiger partial charge < -0.3 is 9.64 Å². The number of hydrogen-bond donors (Lipinski definition) is 0. The van der Waals surface area contributed by atoms with E-state index in [4.69, 9.17) is 4.74 Å². The van der Waals surface area contributed by atoms with Gasteiger partial charge in [0.1, 0.15) is 0 Å². The summed E-state index contributed by atoms with van der Waals surface area (Å²) in [6.45, 7) is 6.66. The molecule has 170 valence electrons. The zero-order chi connectivity index (χ0) is 22.3. The van der Waals surface area contributed by atoms with Gasteiger partial charge in [0.05, 0.1) is 6.10 Å². The number of ether oxygens (including phenoxy) is 1. The number of hydrogen-bond acceptors (Lipinski definition) is 5. The van der Waals surface area contributed by atoms with Crippen molar-refractivity contribution in [3.8, 4) is 0 Å². The normalized spacial score (nSPS) is 23.2. The van der Waals surface area contributed by atoms with Crippen LogP contribution in [0, 0.1) is 0 Å². The zero-order valence-electron chi connectivity index (χ0n) is 18.8. The Labute approximate surface area is 190 Å². The lowest BCUT2D eigenvalue weighted by Crippen LogP contribution is -2.48. The van der Waals surface area contributed by atoms with E-state index in [1.165, 1.54) is 11.1 Å². The topological polar surface area (TPSA) is 53.1 Å². The average Bonchev–Trinajstić information content (AvgIpc) is 3.23. The van der Waals surface area contributed by atoms with Crippen LogP contribution in [0.25, 0.3) is 0 Å². The van der Waals surface area contributed by atoms with Crippen molar-refractivity contribution >= 4 is 12.2 Å². The van der Waals surface area contributed by atoms with E-state index < -0.39 is 6.23 Å². The first-order valence-electron chi connectivity index (χ1n) is 11.6. The summed E-state index contributed by atoms with van der Waals surface area (Å²) in [7, 11) is 0. The van der Waals surface area contributed by atoms with Crippen molar-refractivity contribution in [3.05, 3.63) is 71.8 Å². The number of carbonyl (C=O) groups is 2. The molecule has 3 atom stereocenters. The van der Waals surface area contributed by atoms with Crippen LogP contribution in [0.15, 0.2) is 60.7 Å². The molecule has 2 saturated heterocycles. The summed E-state index contributed by atoms with van der Waals surface area (Å²) in [4.78, 5) is 30.1. The predicted octanol–water partition coefficient (Wildman–Crippen LogP) is 2.75. The molecule has 2 aromatic rings. The second-order valence-electron chi connectivity index (χ2n) is 8.73. The fourth-order valence-electron chi connectivity index (χ4n) is 4.85. The Morgan fingerprint density at radius 3 is 2.31 bits per heavy atom. The Bertz CT molecular complexity index is 868. The Morgan fingerprint density at radius 1 is 1.03 bits per heavy atom. The first-order chi connectivity index (χ1) is 15.6. The van der Waals surface area contributed by atoms with Gasteiger partial charge in [0.2, 0.25) is 5.91 Å². The first-order valence-corrected chi connectivity index (χ1v) is 11.6. The van der Waals surface area contributed by atoms with Crippen LogP contribution in [0.5, 0.6) is 0 Å². The van der Waals surface area contributed by atoms with Gasteiger partial charge in [-0.3, -0.25) is 19.4 Å². The summed E-state index contributed by atoms with van der Waals surface area (Å²) < 4.78 is 6.16. The van der Waals surface area contributed by atoms with Crippen molar-refractivity contribution < 1.29 is 14.3 Å². The third-order valence-corrected chi connectivity index (χ3v) is 6.62. The van der Waals surface area contributed by atoms with Crippen molar-refractivity contribution in [2.45, 2.75) is 38.1 Å². The zero-order valence-corrected chi connectivity index (χ0v) is 18.8. The molecule has 2 aliphatic rings. The van der Waals surface area contributed by atoms with Gasteiger partial charge in [0, 0.05) is 52.2 Å². The molecule has 0 radical (unpaired) electrons. The maximum Gasteiger partial charge on any atom is 0.219 e. The molecule has 6 heteroatoms. The van der Waals surface area contributed by atoms with Crippen LogP contribution in [0.3, 0.4) is 0 Å². The average molecular weight is 436 g/mol. The Morgan fingerprint density at radius 2 is 1.69 bits per heavy atom. The smallest absolute Gasteiger partial charge is 0.219 e. The van der Waals surface area contributed by atoms with E-state index >= 15 is 0 Å². The van der Waals surface area contributed by atoms with E-state index in [1.54, 1.807) is 6.92 Å². The fourth-order valence-corrected chi connectivity index (χ4v) is 4.85. The number of piperazine rings is 1. The molecule has 6 nitrogen and oxygen atoms in total. The molecule has 1 amide bonds. The molecule has 32 heavy (non-hydrogen) atoms. The monoisotopic (exact) mass is 435 g/mol. The minimum absolute atomic E-state index is 0.00192. The first kappa shape index (κ1) is 22.6. The van der Waals surface area contributed by atoms with Crippen LogP contribution >= 0.6 is 0 Å². The Hall–Kier alpha value is -2.54. The van der Waals surface area contributed by atoms with E-state index in [1.807, 2.05) is 29.2 Å². The van der Waals surface area contributed by atoms with Gasteiger partial charge in [0.25, 0.3) is 0 Å². The summed E-state index contributed by atoms with van der Waals surface area (Å²) >= 11 is 0. The molecular weight excluding hydrogens is 402 g/mol. The van der Waals surface area contributed by atoms with Crippen molar-refractivity contribution in [1.29, 1.82) is 0 Å². The van der Waals surface area contributed by atoms with Gasteiger partial charge in [-0.05, 0) is 24.0 Å². The highest BCUT2D eigenvalue weighted by atomic mass is 16.5. The molecule has 2 heterocycles. The highest BCUT2D eigenvalue weighted by Gasteiger charge is 2.37. The number of benzene rings is 2. The van der Waals surface area contributed by atoms with E-state index in [0.717, 1.165) is 58.4 Å². The lowest BCUT2D eigenvalue weighted by Gasteiger charge is -2.36. The minimum atomic E-state index is -0.525. The second kappa shape index (κ2) is 10.9. The number of aldehydes is 1. The van der Waals surface area contributed by atoms with Crippen molar-refractivity contribution in [2.75, 3.05) is 39.3 Å². The van der Waals surface area contributed by atoms with Crippen LogP contribution in [-0.4, -0.2) is 78.5 Å².